The van der Waals surface area contributed by atoms with Gasteiger partial charge in [-0.1, -0.05) is 42.8 Å². The largest absolute Gasteiger partial charge is 0.323 e. The lowest BCUT2D eigenvalue weighted by molar-refractivity contribution is -0.128. The van der Waals surface area contributed by atoms with Crippen LogP contribution in [0.5, 0.6) is 0 Å². The Bertz CT molecular complexity index is 678. The van der Waals surface area contributed by atoms with Gasteiger partial charge in [-0.25, -0.2) is 0 Å². The van der Waals surface area contributed by atoms with E-state index in [4.69, 9.17) is 4.84 Å². The summed E-state index contributed by atoms with van der Waals surface area (Å²) in [5.41, 5.74) is 4.74. The van der Waals surface area contributed by atoms with Crippen LogP contribution in [0.15, 0.2) is 29.0 Å². The fraction of sp³-hybridized carbons (Fsp3) is 0.739. The minimum Gasteiger partial charge on any atom is -0.322 e. The average Bonchev–Trinajstić information content (AvgIpc) is 2.97. The van der Waals surface area contributed by atoms with Crippen molar-refractivity contribution in [2.75, 3.05) is 0 Å². The second-order valence-electron chi connectivity index (χ2n) is 9.77. The Morgan fingerprint density at radius 1 is 1.19 bits per heavy atom. The molecule has 4 aliphatic rings. The molecule has 0 radical (unpaired) electrons. The molecule has 142 valence electrons. The van der Waals surface area contributed by atoms with Gasteiger partial charge < -0.3 is 4.84 Å². The maximum absolute atomic E-state index is 10.5. The van der Waals surface area contributed by atoms with Crippen molar-refractivity contribution >= 4 is 12.2 Å². The predicted octanol–water partition coefficient (Wildman–Crippen LogP) is 5.67. The third-order valence-electron chi connectivity index (χ3n) is 8.82. The normalized spacial score (nSPS) is 45.3. The molecule has 6 unspecified atom stereocenters. The Kier molecular flexibility index (Phi) is 4.40. The topological polar surface area (TPSA) is 38.7 Å². The van der Waals surface area contributed by atoms with Crippen LogP contribution in [0.1, 0.15) is 72.1 Å². The van der Waals surface area contributed by atoms with Crippen molar-refractivity contribution in [3.8, 4) is 0 Å². The molecule has 0 aromatic rings. The molecule has 0 heterocycles. The molecule has 0 aromatic heterocycles. The zero-order valence-corrected chi connectivity index (χ0v) is 16.6. The molecular formula is C23H33NO2. The van der Waals surface area contributed by atoms with E-state index in [0.29, 0.717) is 23.2 Å². The van der Waals surface area contributed by atoms with E-state index in [9.17, 15) is 4.79 Å². The van der Waals surface area contributed by atoms with Gasteiger partial charge in [0.05, 0.1) is 5.71 Å². The number of rotatable bonds is 3. The Balaban J connectivity index is 1.61. The summed E-state index contributed by atoms with van der Waals surface area (Å²) in [5.74, 6) is 2.92. The summed E-state index contributed by atoms with van der Waals surface area (Å²) in [6.07, 6.45) is 12.6. The molecule has 0 N–H and O–H groups in total. The predicted molar refractivity (Wildman–Crippen MR) is 105 cm³/mol. The molecule has 6 atom stereocenters. The first-order chi connectivity index (χ1) is 12.4. The molecule has 3 heteroatoms. The molecule has 0 bridgehead atoms. The van der Waals surface area contributed by atoms with Crippen molar-refractivity contribution in [2.45, 2.75) is 72.1 Å². The lowest BCUT2D eigenvalue weighted by Crippen LogP contribution is -2.50. The van der Waals surface area contributed by atoms with Gasteiger partial charge in [0.25, 0.3) is 0 Å². The van der Waals surface area contributed by atoms with E-state index in [1.165, 1.54) is 56.9 Å². The molecule has 4 aliphatic carbocycles. The molecule has 3 fully saturated rings. The molecule has 3 saturated carbocycles. The zero-order chi connectivity index (χ0) is 18.5. The summed E-state index contributed by atoms with van der Waals surface area (Å²) >= 11 is 0. The minimum absolute atomic E-state index is 0.316. The minimum atomic E-state index is 0.316. The number of oxime groups is 1. The highest BCUT2D eigenvalue weighted by Crippen LogP contribution is 2.67. The van der Waals surface area contributed by atoms with Gasteiger partial charge in [0.2, 0.25) is 0 Å². The zero-order valence-electron chi connectivity index (χ0n) is 16.6. The number of carbonyl (C=O) groups excluding carboxylic acids is 1. The van der Waals surface area contributed by atoms with Gasteiger partial charge in [-0.15, -0.1) is 0 Å². The fourth-order valence-electron chi connectivity index (χ4n) is 7.50. The quantitative estimate of drug-likeness (QED) is 0.283. The lowest BCUT2D eigenvalue weighted by Gasteiger charge is -2.58. The Morgan fingerprint density at radius 2 is 2.00 bits per heavy atom. The highest BCUT2D eigenvalue weighted by atomic mass is 16.7. The molecular weight excluding hydrogens is 322 g/mol. The van der Waals surface area contributed by atoms with Crippen molar-refractivity contribution in [1.82, 2.24) is 0 Å². The van der Waals surface area contributed by atoms with Crippen molar-refractivity contribution in [3.05, 3.63) is 23.8 Å². The van der Waals surface area contributed by atoms with E-state index in [1.807, 2.05) is 6.92 Å². The van der Waals surface area contributed by atoms with E-state index in [1.54, 1.807) is 5.57 Å². The molecule has 0 saturated heterocycles. The van der Waals surface area contributed by atoms with E-state index in [-0.39, 0.29) is 0 Å². The van der Waals surface area contributed by atoms with Gasteiger partial charge in [0.1, 0.15) is 0 Å². The molecule has 0 aliphatic heterocycles. The number of carbonyl (C=O) groups is 1. The monoisotopic (exact) mass is 355 g/mol. The van der Waals surface area contributed by atoms with Gasteiger partial charge in [-0.2, -0.15) is 0 Å². The molecule has 26 heavy (non-hydrogen) atoms. The van der Waals surface area contributed by atoms with E-state index in [0.717, 1.165) is 23.5 Å². The maximum atomic E-state index is 10.5. The van der Waals surface area contributed by atoms with Crippen LogP contribution < -0.4 is 0 Å². The van der Waals surface area contributed by atoms with Crippen molar-refractivity contribution in [1.29, 1.82) is 0 Å². The second-order valence-corrected chi connectivity index (χ2v) is 9.77. The smallest absolute Gasteiger partial charge is 0.322 e. The Hall–Kier alpha value is -1.38. The van der Waals surface area contributed by atoms with Crippen LogP contribution in [0, 0.1) is 34.5 Å². The SMILES string of the molecule is C=C1C=C2CCC3C(CCC4(C)C(/C(C)=N/OC=O)CCC34)C2(C)CC1. The van der Waals surface area contributed by atoms with Gasteiger partial charge >= 0.3 is 6.47 Å². The van der Waals surface area contributed by atoms with E-state index >= 15 is 0 Å². The standard InChI is InChI=1S/C23H33NO2/c1-15-9-11-22(3)17(13-15)5-6-18-20-8-7-19(16(2)24-26-14-25)23(20,4)12-10-21(18)22/h13-14,18-21H,1,5-12H2,2-4H3/b24-16+. The van der Waals surface area contributed by atoms with Crippen molar-refractivity contribution in [3.63, 3.8) is 0 Å². The van der Waals surface area contributed by atoms with Crippen LogP contribution in [0.2, 0.25) is 0 Å². The molecule has 0 amide bonds. The summed E-state index contributed by atoms with van der Waals surface area (Å²) in [7, 11) is 0. The van der Waals surface area contributed by atoms with Crippen LogP contribution in [0.25, 0.3) is 0 Å². The van der Waals surface area contributed by atoms with Gasteiger partial charge in [0.15, 0.2) is 0 Å². The summed E-state index contributed by atoms with van der Waals surface area (Å²) in [6, 6.07) is 0. The summed E-state index contributed by atoms with van der Waals surface area (Å²) in [5, 5.41) is 4.08. The average molecular weight is 356 g/mol. The fourth-order valence-corrected chi connectivity index (χ4v) is 7.50. The van der Waals surface area contributed by atoms with Crippen molar-refractivity contribution in [2.24, 2.45) is 39.7 Å². The summed E-state index contributed by atoms with van der Waals surface area (Å²) < 4.78 is 0. The first-order valence-corrected chi connectivity index (χ1v) is 10.4. The van der Waals surface area contributed by atoms with Gasteiger partial charge in [0, 0.05) is 5.92 Å². The number of hydrogen-bond acceptors (Lipinski definition) is 3. The number of fused-ring (bicyclic) bond motifs is 5. The first-order valence-electron chi connectivity index (χ1n) is 10.4. The van der Waals surface area contributed by atoms with Gasteiger partial charge in [-0.05, 0) is 86.9 Å². The molecule has 4 rings (SSSR count). The van der Waals surface area contributed by atoms with E-state index < -0.39 is 0 Å². The number of allylic oxidation sites excluding steroid dienone is 3. The molecule has 0 aromatic carbocycles. The third-order valence-corrected chi connectivity index (χ3v) is 8.82. The Morgan fingerprint density at radius 3 is 2.77 bits per heavy atom. The van der Waals surface area contributed by atoms with Crippen LogP contribution in [0.3, 0.4) is 0 Å². The van der Waals surface area contributed by atoms with Crippen LogP contribution >= 0.6 is 0 Å². The highest BCUT2D eigenvalue weighted by Gasteiger charge is 2.59. The highest BCUT2D eigenvalue weighted by molar-refractivity contribution is 5.85. The van der Waals surface area contributed by atoms with Crippen LogP contribution in [-0.2, 0) is 9.63 Å². The van der Waals surface area contributed by atoms with Crippen molar-refractivity contribution < 1.29 is 9.63 Å². The number of nitrogens with zero attached hydrogens (tertiary/aromatic N) is 1. The Labute approximate surface area is 157 Å². The van der Waals surface area contributed by atoms with E-state index in [2.05, 4.69) is 31.7 Å². The van der Waals surface area contributed by atoms with Crippen LogP contribution in [-0.4, -0.2) is 12.2 Å². The third kappa shape index (κ3) is 2.53. The van der Waals surface area contributed by atoms with Crippen LogP contribution in [0.4, 0.5) is 0 Å². The summed E-state index contributed by atoms with van der Waals surface area (Å²) in [6.45, 7) is 11.7. The van der Waals surface area contributed by atoms with Gasteiger partial charge in [-0.3, -0.25) is 4.79 Å². The second kappa shape index (κ2) is 6.35. The summed E-state index contributed by atoms with van der Waals surface area (Å²) in [4.78, 5) is 15.3. The first kappa shape index (κ1) is 18.0. The maximum Gasteiger partial charge on any atom is 0.323 e. The molecule has 3 nitrogen and oxygen atoms in total. The lowest BCUT2D eigenvalue weighted by atomic mass is 9.46. The molecule has 0 spiro atoms. The number of hydrogen-bond donors (Lipinski definition) is 0.